The Morgan fingerprint density at radius 1 is 1.35 bits per heavy atom. The van der Waals surface area contributed by atoms with Crippen LogP contribution in [-0.4, -0.2) is 15.1 Å². The van der Waals surface area contributed by atoms with Crippen molar-refractivity contribution in [2.45, 2.75) is 57.4 Å². The number of hydrogen-bond donors (Lipinski definition) is 1. The lowest BCUT2D eigenvalue weighted by atomic mass is 9.77. The van der Waals surface area contributed by atoms with Crippen molar-refractivity contribution in [2.75, 3.05) is 0 Å². The molecule has 2 heterocycles. The predicted octanol–water partition coefficient (Wildman–Crippen LogP) is 2.75. The van der Waals surface area contributed by atoms with Crippen molar-refractivity contribution in [1.29, 1.82) is 0 Å². The topological polar surface area (TPSA) is 77.8 Å². The second-order valence-electron chi connectivity index (χ2n) is 6.59. The van der Waals surface area contributed by atoms with Gasteiger partial charge in [-0.1, -0.05) is 25.9 Å². The van der Waals surface area contributed by atoms with Crippen LogP contribution in [0, 0.1) is 0 Å². The van der Waals surface area contributed by atoms with E-state index in [1.165, 1.54) is 0 Å². The summed E-state index contributed by atoms with van der Waals surface area (Å²) >= 11 is 1.68. The molecule has 0 saturated heterocycles. The standard InChI is InChI=1S/C14H20N4OS/c1-13(2,3)12-16-9(8-20-12)7-10-17-11(18-19-10)14(15)5-4-6-14/h8H,4-7,15H2,1-3H3. The third-order valence-electron chi connectivity index (χ3n) is 3.68. The molecule has 0 atom stereocenters. The van der Waals surface area contributed by atoms with Crippen LogP contribution in [-0.2, 0) is 17.4 Å². The van der Waals surface area contributed by atoms with Gasteiger partial charge in [0.2, 0.25) is 5.89 Å². The summed E-state index contributed by atoms with van der Waals surface area (Å²) in [6.45, 7) is 6.49. The van der Waals surface area contributed by atoms with Gasteiger partial charge in [-0.3, -0.25) is 0 Å². The third kappa shape index (κ3) is 2.50. The van der Waals surface area contributed by atoms with Gasteiger partial charge in [-0.05, 0) is 19.3 Å². The van der Waals surface area contributed by atoms with Gasteiger partial charge in [0, 0.05) is 10.8 Å². The zero-order valence-electron chi connectivity index (χ0n) is 12.1. The van der Waals surface area contributed by atoms with E-state index in [0.29, 0.717) is 18.1 Å². The summed E-state index contributed by atoms with van der Waals surface area (Å²) in [5.41, 5.74) is 6.89. The molecule has 0 radical (unpaired) electrons. The molecule has 6 heteroatoms. The normalized spacial score (nSPS) is 18.0. The molecule has 0 unspecified atom stereocenters. The molecule has 0 amide bonds. The number of thiazole rings is 1. The molecule has 2 aromatic rings. The Kier molecular flexibility index (Phi) is 3.17. The lowest BCUT2D eigenvalue weighted by molar-refractivity contribution is 0.229. The minimum absolute atomic E-state index is 0.0795. The second kappa shape index (κ2) is 4.63. The highest BCUT2D eigenvalue weighted by Crippen LogP contribution is 2.37. The first-order chi connectivity index (χ1) is 9.37. The molecule has 5 nitrogen and oxygen atoms in total. The van der Waals surface area contributed by atoms with Gasteiger partial charge in [0.25, 0.3) is 0 Å². The molecule has 0 aromatic carbocycles. The molecular weight excluding hydrogens is 272 g/mol. The first-order valence-corrected chi connectivity index (χ1v) is 7.82. The zero-order chi connectivity index (χ0) is 14.4. The van der Waals surface area contributed by atoms with Crippen molar-refractivity contribution >= 4 is 11.3 Å². The van der Waals surface area contributed by atoms with E-state index in [-0.39, 0.29) is 11.0 Å². The highest BCUT2D eigenvalue weighted by Gasteiger charge is 2.39. The molecule has 0 spiro atoms. The minimum atomic E-state index is -0.361. The number of nitrogens with zero attached hydrogens (tertiary/aromatic N) is 3. The Hall–Kier alpha value is -1.27. The zero-order valence-corrected chi connectivity index (χ0v) is 13.0. The quantitative estimate of drug-likeness (QED) is 0.941. The predicted molar refractivity (Wildman–Crippen MR) is 77.6 cm³/mol. The van der Waals surface area contributed by atoms with Crippen LogP contribution in [0.5, 0.6) is 0 Å². The summed E-state index contributed by atoms with van der Waals surface area (Å²) < 4.78 is 5.31. The van der Waals surface area contributed by atoms with Crippen LogP contribution in [0.4, 0.5) is 0 Å². The Morgan fingerprint density at radius 3 is 2.65 bits per heavy atom. The van der Waals surface area contributed by atoms with E-state index in [1.807, 2.05) is 0 Å². The molecule has 1 aliphatic carbocycles. The number of hydrogen-bond acceptors (Lipinski definition) is 6. The van der Waals surface area contributed by atoms with Crippen molar-refractivity contribution in [1.82, 2.24) is 15.1 Å². The van der Waals surface area contributed by atoms with E-state index in [0.717, 1.165) is 30.0 Å². The fraction of sp³-hybridized carbons (Fsp3) is 0.643. The monoisotopic (exact) mass is 292 g/mol. The third-order valence-corrected chi connectivity index (χ3v) is 5.00. The lowest BCUT2D eigenvalue weighted by Gasteiger charge is -2.34. The van der Waals surface area contributed by atoms with Gasteiger partial charge in [0.15, 0.2) is 5.82 Å². The van der Waals surface area contributed by atoms with E-state index in [9.17, 15) is 0 Å². The molecule has 20 heavy (non-hydrogen) atoms. The van der Waals surface area contributed by atoms with E-state index < -0.39 is 0 Å². The average Bonchev–Trinajstić information content (AvgIpc) is 2.95. The van der Waals surface area contributed by atoms with E-state index >= 15 is 0 Å². The molecule has 0 aliphatic heterocycles. The van der Waals surface area contributed by atoms with Gasteiger partial charge in [0.1, 0.15) is 0 Å². The summed E-state index contributed by atoms with van der Waals surface area (Å²) in [6.07, 6.45) is 3.60. The molecule has 3 rings (SSSR count). The molecule has 1 saturated carbocycles. The van der Waals surface area contributed by atoms with E-state index in [2.05, 4.69) is 41.3 Å². The first kappa shape index (κ1) is 13.7. The fourth-order valence-electron chi connectivity index (χ4n) is 2.20. The Labute approximate surface area is 122 Å². The van der Waals surface area contributed by atoms with Crippen LogP contribution in [0.2, 0.25) is 0 Å². The highest BCUT2D eigenvalue weighted by atomic mass is 32.1. The van der Waals surface area contributed by atoms with Crippen LogP contribution < -0.4 is 5.73 Å². The van der Waals surface area contributed by atoms with Crippen molar-refractivity contribution in [3.05, 3.63) is 27.8 Å². The van der Waals surface area contributed by atoms with Crippen LogP contribution in [0.3, 0.4) is 0 Å². The lowest BCUT2D eigenvalue weighted by Crippen LogP contribution is -2.44. The summed E-state index contributed by atoms with van der Waals surface area (Å²) in [7, 11) is 0. The van der Waals surface area contributed by atoms with E-state index in [1.54, 1.807) is 11.3 Å². The molecule has 1 aliphatic rings. The van der Waals surface area contributed by atoms with Gasteiger partial charge in [-0.25, -0.2) is 4.98 Å². The number of nitrogens with two attached hydrogens (primary N) is 1. The van der Waals surface area contributed by atoms with Crippen molar-refractivity contribution < 1.29 is 4.52 Å². The SMILES string of the molecule is CC(C)(C)c1nc(Cc2nc(C3(N)CCC3)no2)cs1. The van der Waals surface area contributed by atoms with Crippen LogP contribution in [0.1, 0.15) is 62.5 Å². The maximum atomic E-state index is 6.19. The van der Waals surface area contributed by atoms with Gasteiger partial charge >= 0.3 is 0 Å². The van der Waals surface area contributed by atoms with Crippen molar-refractivity contribution in [3.8, 4) is 0 Å². The number of rotatable bonds is 3. The maximum Gasteiger partial charge on any atom is 0.232 e. The summed E-state index contributed by atoms with van der Waals surface area (Å²) in [4.78, 5) is 9.07. The Balaban J connectivity index is 1.73. The summed E-state index contributed by atoms with van der Waals surface area (Å²) in [5.74, 6) is 1.24. The van der Waals surface area contributed by atoms with Crippen molar-refractivity contribution in [3.63, 3.8) is 0 Å². The molecule has 108 valence electrons. The molecular formula is C14H20N4OS. The first-order valence-electron chi connectivity index (χ1n) is 6.94. The molecule has 2 aromatic heterocycles. The minimum Gasteiger partial charge on any atom is -0.339 e. The largest absolute Gasteiger partial charge is 0.339 e. The molecule has 2 N–H and O–H groups in total. The number of aromatic nitrogens is 3. The second-order valence-corrected chi connectivity index (χ2v) is 7.45. The Bertz CT molecular complexity index is 607. The maximum absolute atomic E-state index is 6.19. The van der Waals surface area contributed by atoms with Crippen LogP contribution in [0.25, 0.3) is 0 Å². The van der Waals surface area contributed by atoms with Crippen LogP contribution >= 0.6 is 11.3 Å². The van der Waals surface area contributed by atoms with Gasteiger partial charge in [0.05, 0.1) is 22.7 Å². The smallest absolute Gasteiger partial charge is 0.232 e. The molecule has 0 bridgehead atoms. The van der Waals surface area contributed by atoms with Crippen molar-refractivity contribution in [2.24, 2.45) is 5.73 Å². The summed E-state index contributed by atoms with van der Waals surface area (Å²) in [5, 5.41) is 7.21. The fourth-order valence-corrected chi connectivity index (χ4v) is 3.10. The van der Waals surface area contributed by atoms with Gasteiger partial charge in [-0.2, -0.15) is 4.98 Å². The average molecular weight is 292 g/mol. The van der Waals surface area contributed by atoms with Gasteiger partial charge in [-0.15, -0.1) is 11.3 Å². The highest BCUT2D eigenvalue weighted by molar-refractivity contribution is 7.09. The van der Waals surface area contributed by atoms with Crippen LogP contribution in [0.15, 0.2) is 9.90 Å². The summed E-state index contributed by atoms with van der Waals surface area (Å²) in [6, 6.07) is 0. The van der Waals surface area contributed by atoms with E-state index in [4.69, 9.17) is 10.3 Å². The Morgan fingerprint density at radius 2 is 2.10 bits per heavy atom. The van der Waals surface area contributed by atoms with Gasteiger partial charge < -0.3 is 10.3 Å². The molecule has 1 fully saturated rings.